The Morgan fingerprint density at radius 3 is 1.50 bits per heavy atom. The zero-order valence-corrected chi connectivity index (χ0v) is 16.0. The van der Waals surface area contributed by atoms with Gasteiger partial charge in [0.1, 0.15) is 13.2 Å². The maximum atomic E-state index is 11.7. The van der Waals surface area contributed by atoms with Crippen molar-refractivity contribution in [2.24, 2.45) is 23.7 Å². The second kappa shape index (κ2) is 14.5. The molecule has 5 heteroatoms. The van der Waals surface area contributed by atoms with Gasteiger partial charge in [-0.15, -0.1) is 0 Å². The summed E-state index contributed by atoms with van der Waals surface area (Å²) in [5.74, 6) is 0.506. The molecule has 0 radical (unpaired) electrons. The molecule has 0 rings (SSSR count). The molecule has 0 bridgehead atoms. The zero-order chi connectivity index (χ0) is 18.4. The van der Waals surface area contributed by atoms with Crippen LogP contribution in [-0.2, 0) is 9.47 Å². The lowest BCUT2D eigenvalue weighted by Crippen LogP contribution is -2.27. The van der Waals surface area contributed by atoms with Crippen molar-refractivity contribution >= 4 is 6.16 Å². The summed E-state index contributed by atoms with van der Waals surface area (Å²) in [7, 11) is 0. The van der Waals surface area contributed by atoms with Crippen molar-refractivity contribution < 1.29 is 24.5 Å². The lowest BCUT2D eigenvalue weighted by atomic mass is 9.91. The van der Waals surface area contributed by atoms with Crippen LogP contribution in [0.5, 0.6) is 0 Å². The van der Waals surface area contributed by atoms with E-state index in [-0.39, 0.29) is 38.3 Å². The number of hydrogen-bond donors (Lipinski definition) is 2. The number of carbonyl (C=O) groups excluding carboxylic acids is 1. The first-order valence-electron chi connectivity index (χ1n) is 9.51. The van der Waals surface area contributed by atoms with Gasteiger partial charge in [0.2, 0.25) is 0 Å². The standard InChI is InChI=1S/C19H38O5/c1-5-7-9-15(3)17(11-20)13-23-19(22)24-14-18(12-21)16(4)10-8-6-2/h15-18,20-21H,5-14H2,1-4H3. The van der Waals surface area contributed by atoms with Crippen molar-refractivity contribution in [3.05, 3.63) is 0 Å². The normalized spacial score (nSPS) is 16.2. The molecular weight excluding hydrogens is 308 g/mol. The number of aliphatic hydroxyl groups is 2. The summed E-state index contributed by atoms with van der Waals surface area (Å²) >= 11 is 0. The van der Waals surface area contributed by atoms with E-state index in [2.05, 4.69) is 27.7 Å². The van der Waals surface area contributed by atoms with E-state index in [0.29, 0.717) is 11.8 Å². The van der Waals surface area contributed by atoms with Crippen LogP contribution in [0.3, 0.4) is 0 Å². The third-order valence-corrected chi connectivity index (χ3v) is 4.94. The third kappa shape index (κ3) is 10.1. The smallest absolute Gasteiger partial charge is 0.434 e. The average molecular weight is 347 g/mol. The highest BCUT2D eigenvalue weighted by atomic mass is 16.7. The number of ether oxygens (including phenoxy) is 2. The summed E-state index contributed by atoms with van der Waals surface area (Å²) in [6.07, 6.45) is 5.76. The van der Waals surface area contributed by atoms with Crippen molar-refractivity contribution in [2.75, 3.05) is 26.4 Å². The first kappa shape index (κ1) is 23.2. The Balaban J connectivity index is 4.13. The van der Waals surface area contributed by atoms with Gasteiger partial charge in [-0.05, 0) is 11.8 Å². The molecule has 4 atom stereocenters. The predicted octanol–water partition coefficient (Wildman–Crippen LogP) is 4.01. The van der Waals surface area contributed by atoms with E-state index in [9.17, 15) is 15.0 Å². The Bertz CT molecular complexity index is 280. The zero-order valence-electron chi connectivity index (χ0n) is 16.0. The maximum absolute atomic E-state index is 11.7. The highest BCUT2D eigenvalue weighted by molar-refractivity contribution is 5.59. The molecule has 0 saturated carbocycles. The summed E-state index contributed by atoms with van der Waals surface area (Å²) < 4.78 is 10.3. The Morgan fingerprint density at radius 2 is 1.21 bits per heavy atom. The number of carbonyl (C=O) groups is 1. The molecule has 0 aliphatic heterocycles. The monoisotopic (exact) mass is 346 g/mol. The SMILES string of the molecule is CCCCC(C)C(CO)COC(=O)OCC(CO)C(C)CCCC. The fourth-order valence-corrected chi connectivity index (χ4v) is 2.71. The van der Waals surface area contributed by atoms with Gasteiger partial charge in [0.05, 0.1) is 0 Å². The number of aliphatic hydroxyl groups excluding tert-OH is 2. The molecule has 0 amide bonds. The number of unbranched alkanes of at least 4 members (excludes halogenated alkanes) is 2. The molecular formula is C19H38O5. The largest absolute Gasteiger partial charge is 0.508 e. The van der Waals surface area contributed by atoms with Crippen LogP contribution in [-0.4, -0.2) is 42.8 Å². The molecule has 0 aromatic heterocycles. The van der Waals surface area contributed by atoms with Crippen LogP contribution < -0.4 is 0 Å². The minimum atomic E-state index is -0.711. The molecule has 0 aliphatic rings. The summed E-state index contributed by atoms with van der Waals surface area (Å²) in [6, 6.07) is 0. The molecule has 5 nitrogen and oxygen atoms in total. The molecule has 4 unspecified atom stereocenters. The van der Waals surface area contributed by atoms with Crippen LogP contribution in [0.15, 0.2) is 0 Å². The molecule has 24 heavy (non-hydrogen) atoms. The molecule has 0 spiro atoms. The summed E-state index contributed by atoms with van der Waals surface area (Å²) in [5.41, 5.74) is 0. The minimum absolute atomic E-state index is 0.00543. The number of rotatable bonds is 14. The van der Waals surface area contributed by atoms with Gasteiger partial charge >= 0.3 is 6.16 Å². The first-order chi connectivity index (χ1) is 11.5. The number of hydrogen-bond acceptors (Lipinski definition) is 5. The second-order valence-corrected chi connectivity index (χ2v) is 7.00. The lowest BCUT2D eigenvalue weighted by Gasteiger charge is -2.23. The van der Waals surface area contributed by atoms with Gasteiger partial charge in [-0.1, -0.05) is 66.2 Å². The van der Waals surface area contributed by atoms with E-state index in [1.807, 2.05) is 0 Å². The Morgan fingerprint density at radius 1 is 0.833 bits per heavy atom. The topological polar surface area (TPSA) is 76.0 Å². The molecule has 144 valence electrons. The Hall–Kier alpha value is -0.810. The summed E-state index contributed by atoms with van der Waals surface area (Å²) in [5, 5.41) is 18.9. The van der Waals surface area contributed by atoms with Gasteiger partial charge in [-0.3, -0.25) is 0 Å². The van der Waals surface area contributed by atoms with E-state index < -0.39 is 6.16 Å². The Labute approximate surface area is 147 Å². The fraction of sp³-hybridized carbons (Fsp3) is 0.947. The van der Waals surface area contributed by atoms with Crippen LogP contribution in [0.4, 0.5) is 4.79 Å². The minimum Gasteiger partial charge on any atom is -0.434 e. The van der Waals surface area contributed by atoms with Crippen LogP contribution in [0.2, 0.25) is 0 Å². The molecule has 0 fully saturated rings. The first-order valence-corrected chi connectivity index (χ1v) is 9.51. The molecule has 0 saturated heterocycles. The Kier molecular flexibility index (Phi) is 14.0. The molecule has 0 aromatic rings. The van der Waals surface area contributed by atoms with Crippen LogP contribution in [0.25, 0.3) is 0 Å². The van der Waals surface area contributed by atoms with Crippen molar-refractivity contribution in [1.82, 2.24) is 0 Å². The average Bonchev–Trinajstić information content (AvgIpc) is 2.58. The van der Waals surface area contributed by atoms with Gasteiger partial charge in [0.15, 0.2) is 0 Å². The third-order valence-electron chi connectivity index (χ3n) is 4.94. The summed E-state index contributed by atoms with van der Waals surface area (Å²) in [4.78, 5) is 11.7. The lowest BCUT2D eigenvalue weighted by molar-refractivity contribution is 0.00675. The van der Waals surface area contributed by atoms with E-state index in [0.717, 1.165) is 38.5 Å². The predicted molar refractivity (Wildman–Crippen MR) is 95.8 cm³/mol. The van der Waals surface area contributed by atoms with Crippen molar-refractivity contribution in [3.63, 3.8) is 0 Å². The van der Waals surface area contributed by atoms with Crippen LogP contribution in [0.1, 0.15) is 66.2 Å². The molecule has 0 aliphatic carbocycles. The quantitative estimate of drug-likeness (QED) is 0.465. The van der Waals surface area contributed by atoms with Gasteiger partial charge in [-0.25, -0.2) is 4.79 Å². The molecule has 2 N–H and O–H groups in total. The highest BCUT2D eigenvalue weighted by Gasteiger charge is 2.21. The van der Waals surface area contributed by atoms with E-state index in [4.69, 9.17) is 9.47 Å². The second-order valence-electron chi connectivity index (χ2n) is 7.00. The van der Waals surface area contributed by atoms with Crippen LogP contribution in [0, 0.1) is 23.7 Å². The molecule has 0 aromatic carbocycles. The van der Waals surface area contributed by atoms with E-state index in [1.54, 1.807) is 0 Å². The van der Waals surface area contributed by atoms with Crippen molar-refractivity contribution in [3.8, 4) is 0 Å². The fourth-order valence-electron chi connectivity index (χ4n) is 2.71. The van der Waals surface area contributed by atoms with Crippen molar-refractivity contribution in [1.29, 1.82) is 0 Å². The summed E-state index contributed by atoms with van der Waals surface area (Å²) in [6.45, 7) is 8.77. The maximum Gasteiger partial charge on any atom is 0.508 e. The highest BCUT2D eigenvalue weighted by Crippen LogP contribution is 2.20. The van der Waals surface area contributed by atoms with Gasteiger partial charge in [0.25, 0.3) is 0 Å². The molecule has 0 heterocycles. The van der Waals surface area contributed by atoms with Gasteiger partial charge < -0.3 is 19.7 Å². The van der Waals surface area contributed by atoms with E-state index >= 15 is 0 Å². The van der Waals surface area contributed by atoms with Gasteiger partial charge in [-0.2, -0.15) is 0 Å². The van der Waals surface area contributed by atoms with Crippen molar-refractivity contribution in [2.45, 2.75) is 66.2 Å². The van der Waals surface area contributed by atoms with Crippen LogP contribution >= 0.6 is 0 Å². The van der Waals surface area contributed by atoms with E-state index in [1.165, 1.54) is 0 Å². The van der Waals surface area contributed by atoms with Gasteiger partial charge in [0, 0.05) is 25.0 Å².